The van der Waals surface area contributed by atoms with Crippen LogP contribution >= 0.6 is 0 Å². The summed E-state index contributed by atoms with van der Waals surface area (Å²) in [6, 6.07) is 9.23. The van der Waals surface area contributed by atoms with E-state index < -0.39 is 5.54 Å². The summed E-state index contributed by atoms with van der Waals surface area (Å²) in [6.45, 7) is 0.889. The first-order chi connectivity index (χ1) is 12.2. The fraction of sp³-hybridized carbons (Fsp3) is 0.556. The van der Waals surface area contributed by atoms with Crippen LogP contribution in [0.25, 0.3) is 0 Å². The van der Waals surface area contributed by atoms with Gasteiger partial charge in [0, 0.05) is 12.2 Å². The monoisotopic (exact) mass is 343 g/mol. The Bertz CT molecular complexity index is 680. The molecule has 1 aromatic heterocycles. The number of carbonyl (C=O) groups excluding carboxylic acids is 1. The Morgan fingerprint density at radius 3 is 2.64 bits per heavy atom. The molecule has 0 unspecified atom stereocenters. The van der Waals surface area contributed by atoms with Crippen LogP contribution in [0.3, 0.4) is 0 Å². The molecule has 25 heavy (non-hydrogen) atoms. The number of rotatable bonds is 8. The third-order valence-corrected chi connectivity index (χ3v) is 4.74. The number of aromatic nitrogens is 4. The highest BCUT2D eigenvalue weighted by Crippen LogP contribution is 2.37. The van der Waals surface area contributed by atoms with Crippen molar-refractivity contribution in [2.45, 2.75) is 57.0 Å². The van der Waals surface area contributed by atoms with Gasteiger partial charge in [0.05, 0.1) is 6.54 Å². The molecule has 1 aliphatic rings. The average molecular weight is 343 g/mol. The Labute approximate surface area is 147 Å². The largest absolute Gasteiger partial charge is 0.396 e. The van der Waals surface area contributed by atoms with E-state index >= 15 is 0 Å². The third kappa shape index (κ3) is 4.22. The number of nitrogens with zero attached hydrogens (tertiary/aromatic N) is 4. The smallest absolute Gasteiger partial charge is 0.252 e. The Hall–Kier alpha value is -2.28. The van der Waals surface area contributed by atoms with Crippen LogP contribution in [0.2, 0.25) is 0 Å². The minimum atomic E-state index is -0.518. The molecule has 0 bridgehead atoms. The lowest BCUT2D eigenvalue weighted by molar-refractivity contribution is 0.0893. The van der Waals surface area contributed by atoms with Gasteiger partial charge in [0.15, 0.2) is 5.82 Å². The lowest BCUT2D eigenvalue weighted by Gasteiger charge is -2.26. The molecule has 3 rings (SSSR count). The molecule has 0 saturated heterocycles. The molecule has 134 valence electrons. The average Bonchev–Trinajstić information content (AvgIpc) is 3.30. The molecule has 7 nitrogen and oxygen atoms in total. The van der Waals surface area contributed by atoms with Gasteiger partial charge in [0.25, 0.3) is 5.91 Å². The fourth-order valence-corrected chi connectivity index (χ4v) is 3.33. The van der Waals surface area contributed by atoms with E-state index in [1.54, 1.807) is 4.80 Å². The number of amides is 1. The number of aliphatic hydroxyl groups excluding tert-OH is 1. The number of aliphatic hydroxyl groups is 1. The maximum Gasteiger partial charge on any atom is 0.252 e. The molecule has 0 aliphatic heterocycles. The summed E-state index contributed by atoms with van der Waals surface area (Å²) in [5.74, 6) is 0.512. The molecule has 0 spiro atoms. The number of unbranched alkanes of at least 4 members (excludes halogenated alkanes) is 2. The molecular weight excluding hydrogens is 318 g/mol. The minimum absolute atomic E-state index is 0.0956. The molecule has 7 heteroatoms. The summed E-state index contributed by atoms with van der Waals surface area (Å²) in [7, 11) is 0. The van der Waals surface area contributed by atoms with Gasteiger partial charge in [-0.1, -0.05) is 31.0 Å². The summed E-state index contributed by atoms with van der Waals surface area (Å²) < 4.78 is 0. The van der Waals surface area contributed by atoms with Gasteiger partial charge in [-0.2, -0.15) is 4.80 Å². The van der Waals surface area contributed by atoms with Crippen molar-refractivity contribution in [3.63, 3.8) is 0 Å². The molecule has 0 atom stereocenters. The molecule has 1 amide bonds. The van der Waals surface area contributed by atoms with Crippen molar-refractivity contribution in [1.29, 1.82) is 0 Å². The van der Waals surface area contributed by atoms with E-state index in [0.29, 0.717) is 17.9 Å². The molecule has 2 aromatic rings. The van der Waals surface area contributed by atoms with Gasteiger partial charge >= 0.3 is 0 Å². The second kappa shape index (κ2) is 8.20. The Morgan fingerprint density at radius 2 is 1.92 bits per heavy atom. The quantitative estimate of drug-likeness (QED) is 0.716. The first-order valence-corrected chi connectivity index (χ1v) is 9.00. The van der Waals surface area contributed by atoms with Crippen molar-refractivity contribution in [2.75, 3.05) is 6.61 Å². The minimum Gasteiger partial charge on any atom is -0.396 e. The number of aryl methyl sites for hydroxylation is 1. The van der Waals surface area contributed by atoms with Crippen molar-refractivity contribution in [1.82, 2.24) is 25.5 Å². The molecule has 1 heterocycles. The molecular formula is C18H25N5O2. The van der Waals surface area contributed by atoms with Gasteiger partial charge in [-0.3, -0.25) is 4.79 Å². The van der Waals surface area contributed by atoms with E-state index in [9.17, 15) is 4.79 Å². The van der Waals surface area contributed by atoms with Crippen LogP contribution in [0.1, 0.15) is 61.1 Å². The second-order valence-electron chi connectivity index (χ2n) is 6.60. The van der Waals surface area contributed by atoms with Gasteiger partial charge in [-0.25, -0.2) is 0 Å². The third-order valence-electron chi connectivity index (χ3n) is 4.74. The summed E-state index contributed by atoms with van der Waals surface area (Å²) in [5, 5.41) is 24.9. The van der Waals surface area contributed by atoms with Crippen LogP contribution in [0.5, 0.6) is 0 Å². The normalized spacial score (nSPS) is 16.0. The maximum atomic E-state index is 12.6. The Morgan fingerprint density at radius 1 is 1.16 bits per heavy atom. The van der Waals surface area contributed by atoms with Gasteiger partial charge in [-0.15, -0.1) is 10.2 Å². The molecule has 1 aromatic carbocycles. The van der Waals surface area contributed by atoms with Gasteiger partial charge in [0.1, 0.15) is 5.54 Å². The van der Waals surface area contributed by atoms with Crippen LogP contribution in [0.15, 0.2) is 30.3 Å². The summed E-state index contributed by atoms with van der Waals surface area (Å²) in [6.07, 6.45) is 6.38. The van der Waals surface area contributed by atoms with E-state index in [1.807, 2.05) is 30.3 Å². The van der Waals surface area contributed by atoms with Crippen molar-refractivity contribution in [3.8, 4) is 0 Å². The Kier molecular flexibility index (Phi) is 5.75. The van der Waals surface area contributed by atoms with E-state index in [0.717, 1.165) is 44.9 Å². The number of carbonyl (C=O) groups is 1. The van der Waals surface area contributed by atoms with Crippen LogP contribution in [0.4, 0.5) is 0 Å². The maximum absolute atomic E-state index is 12.6. The number of hydrogen-bond donors (Lipinski definition) is 2. The zero-order chi connectivity index (χ0) is 17.5. The molecule has 0 radical (unpaired) electrons. The Balaban J connectivity index is 1.70. The lowest BCUT2D eigenvalue weighted by Crippen LogP contribution is -2.44. The first kappa shape index (κ1) is 17.5. The predicted octanol–water partition coefficient (Wildman–Crippen LogP) is 2.03. The van der Waals surface area contributed by atoms with Crippen molar-refractivity contribution >= 4 is 5.91 Å². The zero-order valence-electron chi connectivity index (χ0n) is 14.4. The van der Waals surface area contributed by atoms with Crippen molar-refractivity contribution in [2.24, 2.45) is 0 Å². The van der Waals surface area contributed by atoms with Gasteiger partial charge in [0.2, 0.25) is 0 Å². The molecule has 1 saturated carbocycles. The molecule has 2 N–H and O–H groups in total. The number of tetrazole rings is 1. The number of hydrogen-bond acceptors (Lipinski definition) is 5. The summed E-state index contributed by atoms with van der Waals surface area (Å²) in [4.78, 5) is 14.2. The second-order valence-corrected chi connectivity index (χ2v) is 6.60. The highest BCUT2D eigenvalue weighted by Gasteiger charge is 2.41. The topological polar surface area (TPSA) is 92.9 Å². The highest BCUT2D eigenvalue weighted by molar-refractivity contribution is 5.94. The molecule has 1 fully saturated rings. The van der Waals surface area contributed by atoms with E-state index in [2.05, 4.69) is 20.7 Å². The fourth-order valence-electron chi connectivity index (χ4n) is 3.33. The number of benzene rings is 1. The van der Waals surface area contributed by atoms with Crippen molar-refractivity contribution < 1.29 is 9.90 Å². The summed E-state index contributed by atoms with van der Waals surface area (Å²) >= 11 is 0. The van der Waals surface area contributed by atoms with E-state index in [-0.39, 0.29) is 12.5 Å². The lowest BCUT2D eigenvalue weighted by atomic mass is 9.96. The summed E-state index contributed by atoms with van der Waals surface area (Å²) in [5.41, 5.74) is 0.126. The van der Waals surface area contributed by atoms with Crippen LogP contribution in [-0.4, -0.2) is 37.8 Å². The van der Waals surface area contributed by atoms with Crippen LogP contribution < -0.4 is 5.32 Å². The zero-order valence-corrected chi connectivity index (χ0v) is 14.4. The first-order valence-electron chi connectivity index (χ1n) is 9.00. The molecule has 1 aliphatic carbocycles. The number of nitrogens with one attached hydrogen (secondary N) is 1. The highest BCUT2D eigenvalue weighted by atomic mass is 16.2. The van der Waals surface area contributed by atoms with Crippen molar-refractivity contribution in [3.05, 3.63) is 41.7 Å². The van der Waals surface area contributed by atoms with Crippen LogP contribution in [-0.2, 0) is 12.1 Å². The van der Waals surface area contributed by atoms with E-state index in [1.165, 1.54) is 0 Å². The SMILES string of the molecule is O=C(NC1(c2nnn(CCCCCO)n2)CCCC1)c1ccccc1. The standard InChI is InChI=1S/C18H25N5O2/c24-14-8-2-7-13-23-21-17(20-22-23)18(11-5-6-12-18)19-16(25)15-9-3-1-4-10-15/h1,3-4,9-10,24H,2,5-8,11-14H2,(H,19,25). The predicted molar refractivity (Wildman–Crippen MR) is 92.8 cm³/mol. The van der Waals surface area contributed by atoms with Gasteiger partial charge in [-0.05, 0) is 49.5 Å². The van der Waals surface area contributed by atoms with Crippen LogP contribution in [0, 0.1) is 0 Å². The van der Waals surface area contributed by atoms with Gasteiger partial charge < -0.3 is 10.4 Å². The van der Waals surface area contributed by atoms with E-state index in [4.69, 9.17) is 5.11 Å².